The number of aromatic nitrogens is 5. The highest BCUT2D eigenvalue weighted by Gasteiger charge is 2.09. The van der Waals surface area contributed by atoms with E-state index in [1.165, 1.54) is 17.4 Å². The summed E-state index contributed by atoms with van der Waals surface area (Å²) in [5, 5.41) is 6.89. The lowest BCUT2D eigenvalue weighted by Gasteiger charge is -1.99. The maximum atomic E-state index is 11.7. The third-order valence-corrected chi connectivity index (χ3v) is 3.38. The predicted octanol–water partition coefficient (Wildman–Crippen LogP) is 1.60. The summed E-state index contributed by atoms with van der Waals surface area (Å²) in [7, 11) is 1.82. The third-order valence-electron chi connectivity index (χ3n) is 2.60. The average molecular weight is 273 g/mol. The number of nitrogens with one attached hydrogen (secondary N) is 1. The fraction of sp³-hybridized carbons (Fsp3) is 0.167. The SMILES string of the molecule is Cc1nc(-c2nc(-c3cnn(C)c3)cc(=O)[nH]2)cs1. The summed E-state index contributed by atoms with van der Waals surface area (Å²) in [5.41, 5.74) is 1.89. The van der Waals surface area contributed by atoms with Crippen molar-refractivity contribution in [2.45, 2.75) is 6.92 Å². The number of hydrogen-bond donors (Lipinski definition) is 1. The molecule has 0 radical (unpaired) electrons. The first-order valence-electron chi connectivity index (χ1n) is 5.65. The van der Waals surface area contributed by atoms with E-state index in [2.05, 4.69) is 20.1 Å². The normalized spacial score (nSPS) is 10.8. The van der Waals surface area contributed by atoms with Crippen molar-refractivity contribution in [1.29, 1.82) is 0 Å². The van der Waals surface area contributed by atoms with Crippen LogP contribution in [-0.4, -0.2) is 24.7 Å². The van der Waals surface area contributed by atoms with Crippen molar-refractivity contribution in [3.8, 4) is 22.8 Å². The zero-order valence-electron chi connectivity index (χ0n) is 10.4. The number of hydrogen-bond acceptors (Lipinski definition) is 5. The molecule has 3 heterocycles. The van der Waals surface area contributed by atoms with Gasteiger partial charge in [0.05, 0.1) is 16.9 Å². The van der Waals surface area contributed by atoms with Crippen LogP contribution in [0, 0.1) is 6.92 Å². The van der Waals surface area contributed by atoms with Crippen LogP contribution in [0.25, 0.3) is 22.8 Å². The van der Waals surface area contributed by atoms with E-state index < -0.39 is 0 Å². The zero-order valence-corrected chi connectivity index (χ0v) is 11.2. The Kier molecular flexibility index (Phi) is 2.75. The first-order chi connectivity index (χ1) is 9.11. The lowest BCUT2D eigenvalue weighted by atomic mass is 10.2. The largest absolute Gasteiger partial charge is 0.305 e. The molecule has 0 aromatic carbocycles. The highest BCUT2D eigenvalue weighted by molar-refractivity contribution is 7.09. The summed E-state index contributed by atoms with van der Waals surface area (Å²) in [5.74, 6) is 0.482. The van der Waals surface area contributed by atoms with Crippen LogP contribution in [0.1, 0.15) is 5.01 Å². The predicted molar refractivity (Wildman–Crippen MR) is 72.9 cm³/mol. The molecule has 19 heavy (non-hydrogen) atoms. The molecular weight excluding hydrogens is 262 g/mol. The van der Waals surface area contributed by atoms with Gasteiger partial charge in [0, 0.05) is 30.3 Å². The minimum absolute atomic E-state index is 0.200. The first kappa shape index (κ1) is 11.8. The van der Waals surface area contributed by atoms with Gasteiger partial charge in [-0.15, -0.1) is 11.3 Å². The van der Waals surface area contributed by atoms with E-state index in [1.807, 2.05) is 25.5 Å². The minimum Gasteiger partial charge on any atom is -0.305 e. The van der Waals surface area contributed by atoms with Crippen LogP contribution < -0.4 is 5.56 Å². The highest BCUT2D eigenvalue weighted by atomic mass is 32.1. The van der Waals surface area contributed by atoms with Crippen molar-refractivity contribution in [2.24, 2.45) is 7.05 Å². The molecule has 0 atom stereocenters. The number of nitrogens with zero attached hydrogens (tertiary/aromatic N) is 4. The van der Waals surface area contributed by atoms with Gasteiger partial charge in [0.2, 0.25) is 0 Å². The zero-order chi connectivity index (χ0) is 13.4. The average Bonchev–Trinajstić information content (AvgIpc) is 2.97. The van der Waals surface area contributed by atoms with Gasteiger partial charge < -0.3 is 4.98 Å². The van der Waals surface area contributed by atoms with E-state index in [0.29, 0.717) is 17.2 Å². The van der Waals surface area contributed by atoms with E-state index in [-0.39, 0.29) is 5.56 Å². The molecule has 3 rings (SSSR count). The van der Waals surface area contributed by atoms with Gasteiger partial charge in [-0.05, 0) is 6.92 Å². The molecule has 1 N–H and O–H groups in total. The quantitative estimate of drug-likeness (QED) is 0.769. The van der Waals surface area contributed by atoms with Crippen molar-refractivity contribution < 1.29 is 0 Å². The van der Waals surface area contributed by atoms with Gasteiger partial charge >= 0.3 is 0 Å². The molecule has 0 saturated heterocycles. The molecule has 3 aromatic rings. The number of H-pyrrole nitrogens is 1. The number of aromatic amines is 1. The van der Waals surface area contributed by atoms with Crippen LogP contribution in [-0.2, 0) is 7.05 Å². The Labute approximate surface area is 112 Å². The molecule has 0 aliphatic rings. The van der Waals surface area contributed by atoms with Gasteiger partial charge in [0.15, 0.2) is 5.82 Å². The molecule has 3 aromatic heterocycles. The van der Waals surface area contributed by atoms with Crippen LogP contribution in [0.2, 0.25) is 0 Å². The third kappa shape index (κ3) is 2.32. The first-order valence-corrected chi connectivity index (χ1v) is 6.53. The lowest BCUT2D eigenvalue weighted by Crippen LogP contribution is -2.08. The molecule has 0 unspecified atom stereocenters. The summed E-state index contributed by atoms with van der Waals surface area (Å²) in [6.07, 6.45) is 3.50. The molecule has 0 fully saturated rings. The van der Waals surface area contributed by atoms with Crippen LogP contribution in [0.15, 0.2) is 28.6 Å². The van der Waals surface area contributed by atoms with E-state index >= 15 is 0 Å². The van der Waals surface area contributed by atoms with Crippen LogP contribution >= 0.6 is 11.3 Å². The Morgan fingerprint density at radius 2 is 2.16 bits per heavy atom. The summed E-state index contributed by atoms with van der Waals surface area (Å²) in [6.45, 7) is 1.91. The van der Waals surface area contributed by atoms with E-state index in [0.717, 1.165) is 10.6 Å². The highest BCUT2D eigenvalue weighted by Crippen LogP contribution is 2.20. The second kappa shape index (κ2) is 4.43. The molecular formula is C12H11N5OS. The Balaban J connectivity index is 2.13. The van der Waals surface area contributed by atoms with Gasteiger partial charge in [-0.3, -0.25) is 9.48 Å². The molecule has 0 aliphatic carbocycles. The summed E-state index contributed by atoms with van der Waals surface area (Å²) in [4.78, 5) is 23.2. The van der Waals surface area contributed by atoms with Gasteiger partial charge in [-0.2, -0.15) is 5.10 Å². The fourth-order valence-electron chi connectivity index (χ4n) is 1.75. The molecule has 96 valence electrons. The van der Waals surface area contributed by atoms with Crippen molar-refractivity contribution in [3.63, 3.8) is 0 Å². The van der Waals surface area contributed by atoms with Gasteiger partial charge in [-0.25, -0.2) is 9.97 Å². The minimum atomic E-state index is -0.200. The molecule has 0 spiro atoms. The maximum Gasteiger partial charge on any atom is 0.251 e. The maximum absolute atomic E-state index is 11.7. The van der Waals surface area contributed by atoms with Crippen molar-refractivity contribution in [2.75, 3.05) is 0 Å². The Bertz CT molecular complexity index is 724. The number of thiazole rings is 1. The van der Waals surface area contributed by atoms with Crippen LogP contribution in [0.4, 0.5) is 0 Å². The van der Waals surface area contributed by atoms with E-state index in [9.17, 15) is 4.79 Å². The summed E-state index contributed by atoms with van der Waals surface area (Å²) < 4.78 is 1.67. The standard InChI is InChI=1S/C12H11N5OS/c1-7-14-10(6-19-7)12-15-9(3-11(18)16-12)8-4-13-17(2)5-8/h3-6H,1-2H3,(H,15,16,18). The van der Waals surface area contributed by atoms with Crippen LogP contribution in [0.5, 0.6) is 0 Å². The summed E-state index contributed by atoms with van der Waals surface area (Å²) >= 11 is 1.52. The monoisotopic (exact) mass is 273 g/mol. The number of rotatable bonds is 2. The van der Waals surface area contributed by atoms with Gasteiger partial charge in [-0.1, -0.05) is 0 Å². The number of aryl methyl sites for hydroxylation is 2. The Morgan fingerprint density at radius 1 is 1.32 bits per heavy atom. The molecule has 6 nitrogen and oxygen atoms in total. The molecule has 0 bridgehead atoms. The van der Waals surface area contributed by atoms with Gasteiger partial charge in [0.25, 0.3) is 5.56 Å². The smallest absolute Gasteiger partial charge is 0.251 e. The van der Waals surface area contributed by atoms with Gasteiger partial charge in [0.1, 0.15) is 5.69 Å². The second-order valence-electron chi connectivity index (χ2n) is 4.13. The topological polar surface area (TPSA) is 76.5 Å². The second-order valence-corrected chi connectivity index (χ2v) is 5.20. The molecule has 0 aliphatic heterocycles. The summed E-state index contributed by atoms with van der Waals surface area (Å²) in [6, 6.07) is 1.46. The lowest BCUT2D eigenvalue weighted by molar-refractivity contribution is 0.768. The molecule has 0 amide bonds. The van der Waals surface area contributed by atoms with E-state index in [4.69, 9.17) is 0 Å². The molecule has 0 saturated carbocycles. The fourth-order valence-corrected chi connectivity index (χ4v) is 2.35. The van der Waals surface area contributed by atoms with Crippen molar-refractivity contribution >= 4 is 11.3 Å². The van der Waals surface area contributed by atoms with E-state index in [1.54, 1.807) is 10.9 Å². The molecule has 7 heteroatoms. The Morgan fingerprint density at radius 3 is 2.79 bits per heavy atom. The Hall–Kier alpha value is -2.28. The van der Waals surface area contributed by atoms with Crippen molar-refractivity contribution in [3.05, 3.63) is 39.2 Å². The van der Waals surface area contributed by atoms with Crippen molar-refractivity contribution in [1.82, 2.24) is 24.7 Å². The van der Waals surface area contributed by atoms with Crippen LogP contribution in [0.3, 0.4) is 0 Å².